The van der Waals surface area contributed by atoms with Crippen molar-refractivity contribution < 1.29 is 4.79 Å². The van der Waals surface area contributed by atoms with Gasteiger partial charge >= 0.3 is 0 Å². The molecule has 0 fully saturated rings. The minimum atomic E-state index is 0.0152. The number of hydrogen-bond donors (Lipinski definition) is 2. The molecular formula is C13H17ClN2O. The number of hydrogen-bond acceptors (Lipinski definition) is 2. The van der Waals surface area contributed by atoms with Crippen LogP contribution < -0.4 is 10.6 Å². The van der Waals surface area contributed by atoms with Crippen molar-refractivity contribution in [3.05, 3.63) is 29.3 Å². The molecule has 1 aromatic carbocycles. The summed E-state index contributed by atoms with van der Waals surface area (Å²) in [6.45, 7) is 1.63. The van der Waals surface area contributed by atoms with Crippen LogP contribution in [0.5, 0.6) is 0 Å². The monoisotopic (exact) mass is 252 g/mol. The summed E-state index contributed by atoms with van der Waals surface area (Å²) in [7, 11) is 0. The summed E-state index contributed by atoms with van der Waals surface area (Å²) < 4.78 is 0. The number of carbonyl (C=O) groups excluding carboxylic acids is 1. The van der Waals surface area contributed by atoms with Crippen molar-refractivity contribution >= 4 is 23.2 Å². The van der Waals surface area contributed by atoms with Crippen LogP contribution in [-0.4, -0.2) is 18.3 Å². The molecule has 2 rings (SSSR count). The van der Waals surface area contributed by atoms with Crippen LogP contribution in [0, 0.1) is 0 Å². The summed E-state index contributed by atoms with van der Waals surface area (Å²) in [6.07, 6.45) is 2.62. The number of anilines is 1. The molecule has 0 saturated carbocycles. The van der Waals surface area contributed by atoms with Gasteiger partial charge in [-0.1, -0.05) is 12.1 Å². The van der Waals surface area contributed by atoms with Crippen molar-refractivity contribution in [2.75, 3.05) is 17.7 Å². The Bertz CT molecular complexity index is 406. The first-order valence-corrected chi connectivity index (χ1v) is 6.52. The third-order valence-electron chi connectivity index (χ3n) is 2.99. The van der Waals surface area contributed by atoms with Gasteiger partial charge in [0.15, 0.2) is 0 Å². The van der Waals surface area contributed by atoms with E-state index in [1.807, 2.05) is 6.07 Å². The van der Waals surface area contributed by atoms with Gasteiger partial charge in [-0.25, -0.2) is 0 Å². The minimum Gasteiger partial charge on any atom is -0.385 e. The molecule has 17 heavy (non-hydrogen) atoms. The molecule has 1 amide bonds. The Kier molecular flexibility index (Phi) is 4.26. The van der Waals surface area contributed by atoms with Gasteiger partial charge in [-0.3, -0.25) is 4.79 Å². The Labute approximate surface area is 107 Å². The number of carbonyl (C=O) groups is 1. The van der Waals surface area contributed by atoms with E-state index in [-0.39, 0.29) is 5.91 Å². The zero-order valence-corrected chi connectivity index (χ0v) is 10.5. The molecule has 0 saturated heterocycles. The average molecular weight is 253 g/mol. The van der Waals surface area contributed by atoms with E-state index < -0.39 is 0 Å². The van der Waals surface area contributed by atoms with Crippen LogP contribution in [0.4, 0.5) is 5.69 Å². The molecule has 2 N–H and O–H groups in total. The molecule has 1 aliphatic rings. The third-order valence-corrected chi connectivity index (χ3v) is 3.18. The zero-order valence-electron chi connectivity index (χ0n) is 9.76. The van der Waals surface area contributed by atoms with Crippen molar-refractivity contribution in [3.8, 4) is 0 Å². The second-order valence-corrected chi connectivity index (χ2v) is 4.57. The highest BCUT2D eigenvalue weighted by Crippen LogP contribution is 2.25. The lowest BCUT2D eigenvalue weighted by atomic mass is 9.97. The van der Waals surface area contributed by atoms with Crippen LogP contribution in [0.1, 0.15) is 24.0 Å². The van der Waals surface area contributed by atoms with Gasteiger partial charge in [0.2, 0.25) is 5.91 Å². The molecule has 0 atom stereocenters. The maximum Gasteiger partial charge on any atom is 0.221 e. The highest BCUT2D eigenvalue weighted by molar-refractivity contribution is 6.18. The van der Waals surface area contributed by atoms with Crippen molar-refractivity contribution in [2.45, 2.75) is 25.8 Å². The van der Waals surface area contributed by atoms with Crippen LogP contribution >= 0.6 is 11.6 Å². The van der Waals surface area contributed by atoms with Crippen molar-refractivity contribution in [1.82, 2.24) is 5.32 Å². The third kappa shape index (κ3) is 3.13. The molecule has 92 valence electrons. The molecule has 1 aliphatic heterocycles. The van der Waals surface area contributed by atoms with E-state index >= 15 is 0 Å². The lowest BCUT2D eigenvalue weighted by Gasteiger charge is -2.21. The van der Waals surface area contributed by atoms with Crippen molar-refractivity contribution in [3.63, 3.8) is 0 Å². The lowest BCUT2D eigenvalue weighted by Crippen LogP contribution is -2.24. The van der Waals surface area contributed by atoms with E-state index in [4.69, 9.17) is 11.6 Å². The van der Waals surface area contributed by atoms with Crippen molar-refractivity contribution in [1.29, 1.82) is 0 Å². The molecule has 4 heteroatoms. The quantitative estimate of drug-likeness (QED) is 0.808. The maximum absolute atomic E-state index is 11.4. The predicted octanol–water partition coefficient (Wildman–Crippen LogP) is 2.29. The van der Waals surface area contributed by atoms with E-state index in [0.717, 1.165) is 19.4 Å². The van der Waals surface area contributed by atoms with Crippen LogP contribution in [0.3, 0.4) is 0 Å². The fraction of sp³-hybridized carbons (Fsp3) is 0.462. The van der Waals surface area contributed by atoms with Gasteiger partial charge in [-0.2, -0.15) is 0 Å². The topological polar surface area (TPSA) is 41.1 Å². The Hall–Kier alpha value is -1.22. The number of rotatable bonds is 4. The average Bonchev–Trinajstić information content (AvgIpc) is 2.36. The van der Waals surface area contributed by atoms with Gasteiger partial charge in [-0.15, -0.1) is 11.6 Å². The SMILES string of the molecule is O=C(CCCl)NCc1cccc2c1CCCN2. The number of halogens is 1. The minimum absolute atomic E-state index is 0.0152. The Balaban J connectivity index is 2.03. The van der Waals surface area contributed by atoms with Crippen LogP contribution in [0.2, 0.25) is 0 Å². The van der Waals surface area contributed by atoms with Crippen LogP contribution in [0.15, 0.2) is 18.2 Å². The Morgan fingerprint density at radius 2 is 2.35 bits per heavy atom. The maximum atomic E-state index is 11.4. The number of fused-ring (bicyclic) bond motifs is 1. The lowest BCUT2D eigenvalue weighted by molar-refractivity contribution is -0.120. The number of benzene rings is 1. The smallest absolute Gasteiger partial charge is 0.221 e. The molecule has 1 heterocycles. The summed E-state index contributed by atoms with van der Waals surface area (Å²) in [5, 5.41) is 6.28. The first kappa shape index (κ1) is 12.2. The number of alkyl halides is 1. The standard InChI is InChI=1S/C13H17ClN2O/c14-7-6-13(17)16-9-10-3-1-5-12-11(10)4-2-8-15-12/h1,3,5,15H,2,4,6-9H2,(H,16,17). The normalized spacial score (nSPS) is 13.7. The van der Waals surface area contributed by atoms with Gasteiger partial charge in [0.1, 0.15) is 0 Å². The Morgan fingerprint density at radius 1 is 1.47 bits per heavy atom. The highest BCUT2D eigenvalue weighted by Gasteiger charge is 2.12. The zero-order chi connectivity index (χ0) is 12.1. The first-order chi connectivity index (χ1) is 8.31. The summed E-state index contributed by atoms with van der Waals surface area (Å²) in [5.41, 5.74) is 3.75. The van der Waals surface area contributed by atoms with Crippen molar-refractivity contribution in [2.24, 2.45) is 0 Å². The molecule has 1 aromatic rings. The largest absolute Gasteiger partial charge is 0.385 e. The molecule has 0 bridgehead atoms. The summed E-state index contributed by atoms with van der Waals surface area (Å²) in [4.78, 5) is 11.4. The molecular weight excluding hydrogens is 236 g/mol. The van der Waals surface area contributed by atoms with E-state index in [1.165, 1.54) is 16.8 Å². The number of nitrogens with one attached hydrogen (secondary N) is 2. The molecule has 0 aliphatic carbocycles. The van der Waals surface area contributed by atoms with Gasteiger partial charge in [-0.05, 0) is 30.0 Å². The van der Waals surface area contributed by atoms with Gasteiger partial charge < -0.3 is 10.6 Å². The highest BCUT2D eigenvalue weighted by atomic mass is 35.5. The van der Waals surface area contributed by atoms with Gasteiger partial charge in [0.25, 0.3) is 0 Å². The van der Waals surface area contributed by atoms with E-state index in [9.17, 15) is 4.79 Å². The molecule has 0 radical (unpaired) electrons. The van der Waals surface area contributed by atoms with Crippen LogP contribution in [0.25, 0.3) is 0 Å². The van der Waals surface area contributed by atoms with Gasteiger partial charge in [0, 0.05) is 31.1 Å². The number of amides is 1. The summed E-state index contributed by atoms with van der Waals surface area (Å²) in [6, 6.07) is 6.20. The molecule has 3 nitrogen and oxygen atoms in total. The summed E-state index contributed by atoms with van der Waals surface area (Å²) >= 11 is 5.52. The predicted molar refractivity (Wildman–Crippen MR) is 70.4 cm³/mol. The van der Waals surface area contributed by atoms with E-state index in [2.05, 4.69) is 22.8 Å². The van der Waals surface area contributed by atoms with E-state index in [1.54, 1.807) is 0 Å². The molecule has 0 aromatic heterocycles. The van der Waals surface area contributed by atoms with Crippen LogP contribution in [-0.2, 0) is 17.8 Å². The second-order valence-electron chi connectivity index (χ2n) is 4.19. The fourth-order valence-corrected chi connectivity index (χ4v) is 2.29. The second kappa shape index (κ2) is 5.92. The fourth-order valence-electron chi connectivity index (χ4n) is 2.12. The molecule has 0 unspecified atom stereocenters. The Morgan fingerprint density at radius 3 is 3.18 bits per heavy atom. The summed E-state index contributed by atoms with van der Waals surface area (Å²) in [5.74, 6) is 0.390. The first-order valence-electron chi connectivity index (χ1n) is 5.98. The van der Waals surface area contributed by atoms with E-state index in [0.29, 0.717) is 18.8 Å². The molecule has 0 spiro atoms. The van der Waals surface area contributed by atoms with Gasteiger partial charge in [0.05, 0.1) is 0 Å².